The van der Waals surface area contributed by atoms with Crippen molar-refractivity contribution in [2.45, 2.75) is 12.0 Å². The maximum Gasteiger partial charge on any atom is 0.337 e. The highest BCUT2D eigenvalue weighted by Gasteiger charge is 2.33. The number of ether oxygens (including phenoxy) is 1. The first-order chi connectivity index (χ1) is 15.3. The quantitative estimate of drug-likeness (QED) is 0.191. The maximum atomic E-state index is 11.8. The molecule has 3 rings (SSSR count). The van der Waals surface area contributed by atoms with Crippen LogP contribution in [-0.2, 0) is 4.74 Å². The number of carbonyl (C=O) groups is 1. The second-order valence-corrected chi connectivity index (χ2v) is 7.63. The van der Waals surface area contributed by atoms with Crippen molar-refractivity contribution in [2.24, 2.45) is 0 Å². The minimum atomic E-state index is -2.53. The Labute approximate surface area is 191 Å². The summed E-state index contributed by atoms with van der Waals surface area (Å²) < 4.78 is 4.77. The highest BCUT2D eigenvalue weighted by atomic mass is 35.5. The van der Waals surface area contributed by atoms with E-state index in [9.17, 15) is 20.1 Å². The van der Waals surface area contributed by atoms with Gasteiger partial charge in [0.05, 0.1) is 12.7 Å². The van der Waals surface area contributed by atoms with Gasteiger partial charge in [-0.05, 0) is 53.1 Å². The van der Waals surface area contributed by atoms with Crippen LogP contribution in [0.4, 0.5) is 5.69 Å². The predicted molar refractivity (Wildman–Crippen MR) is 123 cm³/mol. The highest BCUT2D eigenvalue weighted by molar-refractivity contribution is 6.30. The van der Waals surface area contributed by atoms with E-state index in [-0.39, 0.29) is 12.1 Å². The molecule has 0 aromatic heterocycles. The fourth-order valence-electron chi connectivity index (χ4n) is 3.21. The van der Waals surface area contributed by atoms with E-state index in [1.807, 2.05) is 30.3 Å². The molecule has 168 valence electrons. The molecule has 0 aliphatic carbocycles. The van der Waals surface area contributed by atoms with Crippen LogP contribution < -0.4 is 10.6 Å². The van der Waals surface area contributed by atoms with E-state index in [2.05, 4.69) is 10.6 Å². The Morgan fingerprint density at radius 1 is 1.00 bits per heavy atom. The monoisotopic (exact) mass is 456 g/mol. The molecule has 0 fully saturated rings. The van der Waals surface area contributed by atoms with Gasteiger partial charge in [-0.3, -0.25) is 5.32 Å². The smallest absolute Gasteiger partial charge is 0.337 e. The van der Waals surface area contributed by atoms with E-state index in [0.717, 1.165) is 16.8 Å². The summed E-state index contributed by atoms with van der Waals surface area (Å²) in [5, 5.41) is 36.7. The summed E-state index contributed by atoms with van der Waals surface area (Å²) in [5.74, 6) is -2.92. The molecule has 8 heteroatoms. The summed E-state index contributed by atoms with van der Waals surface area (Å²) in [6, 6.07) is 21.0. The van der Waals surface area contributed by atoms with Crippen molar-refractivity contribution in [2.75, 3.05) is 25.5 Å². The second kappa shape index (κ2) is 10.6. The fourth-order valence-corrected chi connectivity index (χ4v) is 3.41. The summed E-state index contributed by atoms with van der Waals surface area (Å²) in [4.78, 5) is 11.8. The molecule has 3 aromatic rings. The van der Waals surface area contributed by atoms with Crippen LogP contribution in [0.25, 0.3) is 11.1 Å². The lowest BCUT2D eigenvalue weighted by atomic mass is 10.0. The van der Waals surface area contributed by atoms with Gasteiger partial charge in [-0.1, -0.05) is 48.0 Å². The van der Waals surface area contributed by atoms with Crippen molar-refractivity contribution < 1.29 is 24.9 Å². The normalized spacial score (nSPS) is 12.3. The number of halogens is 1. The highest BCUT2D eigenvalue weighted by Crippen LogP contribution is 2.25. The summed E-state index contributed by atoms with van der Waals surface area (Å²) >= 11 is 5.89. The Morgan fingerprint density at radius 2 is 1.69 bits per heavy atom. The summed E-state index contributed by atoms with van der Waals surface area (Å²) in [6.07, 6.45) is -1.58. The van der Waals surface area contributed by atoms with Gasteiger partial charge >= 0.3 is 5.97 Å². The summed E-state index contributed by atoms with van der Waals surface area (Å²) in [7, 11) is 1.34. The zero-order valence-corrected chi connectivity index (χ0v) is 18.2. The number of hydrogen-bond donors (Lipinski definition) is 5. The zero-order valence-electron chi connectivity index (χ0n) is 17.5. The third-order valence-corrected chi connectivity index (χ3v) is 5.10. The van der Waals surface area contributed by atoms with E-state index in [1.165, 1.54) is 13.2 Å². The molecule has 0 aliphatic heterocycles. The van der Waals surface area contributed by atoms with Gasteiger partial charge in [-0.2, -0.15) is 0 Å². The summed E-state index contributed by atoms with van der Waals surface area (Å²) in [6.45, 7) is 0.517. The molecule has 5 N–H and O–H groups in total. The predicted octanol–water partition coefficient (Wildman–Crippen LogP) is 3.17. The maximum absolute atomic E-state index is 11.8. The molecule has 32 heavy (non-hydrogen) atoms. The number of esters is 1. The first-order valence-electron chi connectivity index (χ1n) is 9.96. The molecule has 0 radical (unpaired) electrons. The lowest BCUT2D eigenvalue weighted by Crippen LogP contribution is -2.51. The molecule has 0 amide bonds. The van der Waals surface area contributed by atoms with Gasteiger partial charge in [-0.25, -0.2) is 4.79 Å². The molecular weight excluding hydrogens is 432 g/mol. The number of nitrogens with one attached hydrogen (secondary N) is 2. The van der Waals surface area contributed by atoms with E-state index >= 15 is 0 Å². The largest absolute Gasteiger partial charge is 0.465 e. The molecule has 1 atom stereocenters. The van der Waals surface area contributed by atoms with Crippen LogP contribution in [-0.4, -0.2) is 47.4 Å². The number of anilines is 1. The first-order valence-corrected chi connectivity index (χ1v) is 10.3. The van der Waals surface area contributed by atoms with Crippen LogP contribution in [0.15, 0.2) is 72.8 Å². The van der Waals surface area contributed by atoms with Gasteiger partial charge in [0.25, 0.3) is 5.91 Å². The Hall–Kier alpha value is -2.94. The van der Waals surface area contributed by atoms with Gasteiger partial charge in [0.2, 0.25) is 0 Å². The van der Waals surface area contributed by atoms with Gasteiger partial charge < -0.3 is 25.4 Å². The Morgan fingerprint density at radius 3 is 2.41 bits per heavy atom. The number of aliphatic hydroxyl groups excluding tert-OH is 1. The lowest BCUT2D eigenvalue weighted by molar-refractivity contribution is -0.247. The van der Waals surface area contributed by atoms with Crippen molar-refractivity contribution in [3.05, 3.63) is 88.9 Å². The van der Waals surface area contributed by atoms with Crippen molar-refractivity contribution in [1.82, 2.24) is 5.32 Å². The minimum absolute atomic E-state index is 0.159. The SMILES string of the molecule is COC(=O)c1cccc(-c2cccc(NCCNC(O)(O)C(O)c3cccc(Cl)c3)c2)c1. The number of rotatable bonds is 9. The average molecular weight is 457 g/mol. The van der Waals surface area contributed by atoms with Crippen molar-refractivity contribution in [1.29, 1.82) is 0 Å². The number of carbonyl (C=O) groups excluding carboxylic acids is 1. The average Bonchev–Trinajstić information content (AvgIpc) is 2.81. The van der Waals surface area contributed by atoms with Crippen molar-refractivity contribution >= 4 is 23.3 Å². The van der Waals surface area contributed by atoms with Gasteiger partial charge in [0, 0.05) is 23.8 Å². The Kier molecular flexibility index (Phi) is 7.84. The molecule has 0 bridgehead atoms. The van der Waals surface area contributed by atoms with Crippen LogP contribution >= 0.6 is 11.6 Å². The number of hydrogen-bond acceptors (Lipinski definition) is 7. The topological polar surface area (TPSA) is 111 Å². The van der Waals surface area contributed by atoms with Gasteiger partial charge in [0.15, 0.2) is 0 Å². The van der Waals surface area contributed by atoms with E-state index in [4.69, 9.17) is 16.3 Å². The van der Waals surface area contributed by atoms with Crippen LogP contribution in [0.5, 0.6) is 0 Å². The van der Waals surface area contributed by atoms with Gasteiger partial charge in [0.1, 0.15) is 6.10 Å². The molecule has 0 spiro atoms. The Balaban J connectivity index is 1.58. The molecule has 3 aromatic carbocycles. The second-order valence-electron chi connectivity index (χ2n) is 7.19. The van der Waals surface area contributed by atoms with Crippen LogP contribution in [0, 0.1) is 0 Å². The molecule has 0 saturated carbocycles. The van der Waals surface area contributed by atoms with Crippen molar-refractivity contribution in [3.8, 4) is 11.1 Å². The van der Waals surface area contributed by atoms with E-state index < -0.39 is 18.0 Å². The third-order valence-electron chi connectivity index (χ3n) is 4.86. The zero-order chi connectivity index (χ0) is 23.1. The summed E-state index contributed by atoms with van der Waals surface area (Å²) in [5.41, 5.74) is 3.33. The number of benzene rings is 3. The number of aliphatic hydroxyl groups is 3. The third kappa shape index (κ3) is 6.06. The standard InChI is InChI=1S/C24H25ClN2O5/c1-32-23(29)19-8-2-5-16(13-19)17-6-4-10-21(15-17)26-11-12-27-24(30,31)22(28)18-7-3-9-20(25)14-18/h2-10,13-15,22,26-28,30-31H,11-12H2,1H3. The van der Waals surface area contributed by atoms with E-state index in [0.29, 0.717) is 17.1 Å². The van der Waals surface area contributed by atoms with E-state index in [1.54, 1.807) is 36.4 Å². The molecule has 7 nitrogen and oxygen atoms in total. The molecule has 0 aliphatic rings. The first kappa shape index (κ1) is 23.7. The van der Waals surface area contributed by atoms with Gasteiger partial charge in [-0.15, -0.1) is 0 Å². The fraction of sp³-hybridized carbons (Fsp3) is 0.208. The minimum Gasteiger partial charge on any atom is -0.465 e. The number of methoxy groups -OCH3 is 1. The van der Waals surface area contributed by atoms with Crippen molar-refractivity contribution in [3.63, 3.8) is 0 Å². The van der Waals surface area contributed by atoms with Crippen LogP contribution in [0.1, 0.15) is 22.0 Å². The van der Waals surface area contributed by atoms with Crippen LogP contribution in [0.2, 0.25) is 5.02 Å². The van der Waals surface area contributed by atoms with Crippen LogP contribution in [0.3, 0.4) is 0 Å². The molecule has 1 unspecified atom stereocenters. The Bertz CT molecular complexity index is 1070. The molecule has 0 heterocycles. The molecule has 0 saturated heterocycles. The lowest BCUT2D eigenvalue weighted by Gasteiger charge is -2.28. The molecular formula is C24H25ClN2O5.